The highest BCUT2D eigenvalue weighted by Crippen LogP contribution is 2.34. The van der Waals surface area contributed by atoms with E-state index in [9.17, 15) is 9.59 Å². The van der Waals surface area contributed by atoms with Crippen molar-refractivity contribution in [1.82, 2.24) is 9.97 Å². The minimum Gasteiger partial charge on any atom is -0.493 e. The zero-order chi connectivity index (χ0) is 15.0. The molecule has 7 heteroatoms. The van der Waals surface area contributed by atoms with Crippen molar-refractivity contribution in [2.45, 2.75) is 0 Å². The molecule has 1 aliphatic heterocycles. The Morgan fingerprint density at radius 1 is 0.905 bits per heavy atom. The van der Waals surface area contributed by atoms with Crippen molar-refractivity contribution >= 4 is 17.5 Å². The van der Waals surface area contributed by atoms with E-state index in [4.69, 9.17) is 9.47 Å². The molecule has 3 rings (SSSR count). The van der Waals surface area contributed by atoms with Crippen LogP contribution in [0.2, 0.25) is 0 Å². The van der Waals surface area contributed by atoms with Crippen LogP contribution in [0.4, 0.5) is 5.69 Å². The van der Waals surface area contributed by atoms with Gasteiger partial charge in [-0.2, -0.15) is 0 Å². The van der Waals surface area contributed by atoms with Gasteiger partial charge in [0.25, 0.3) is 11.8 Å². The standard InChI is InChI=1S/C14H11N3O4/c1-20-9-4-3-8(7-10(9)21-2)17-13(18)11-12(14(17)19)16-6-5-15-11/h3-7H,1-2H3. The van der Waals surface area contributed by atoms with Gasteiger partial charge < -0.3 is 9.47 Å². The van der Waals surface area contributed by atoms with Crippen LogP contribution in [0, 0.1) is 0 Å². The van der Waals surface area contributed by atoms with E-state index in [1.54, 1.807) is 18.2 Å². The number of anilines is 1. The summed E-state index contributed by atoms with van der Waals surface area (Å²) < 4.78 is 10.3. The van der Waals surface area contributed by atoms with Gasteiger partial charge in [0, 0.05) is 18.5 Å². The Morgan fingerprint density at radius 3 is 2.00 bits per heavy atom. The summed E-state index contributed by atoms with van der Waals surface area (Å²) in [4.78, 5) is 33.4. The second-order valence-electron chi connectivity index (χ2n) is 4.24. The first kappa shape index (κ1) is 13.0. The fourth-order valence-corrected chi connectivity index (χ4v) is 2.15. The molecule has 0 saturated carbocycles. The molecule has 2 heterocycles. The molecule has 1 aromatic carbocycles. The molecule has 0 unspecified atom stereocenters. The molecule has 0 saturated heterocycles. The smallest absolute Gasteiger partial charge is 0.286 e. The third-order valence-corrected chi connectivity index (χ3v) is 3.13. The SMILES string of the molecule is COc1ccc(N2C(=O)c3nccnc3C2=O)cc1OC. The topological polar surface area (TPSA) is 81.6 Å². The van der Waals surface area contributed by atoms with Crippen LogP contribution in [0.5, 0.6) is 11.5 Å². The van der Waals surface area contributed by atoms with Gasteiger partial charge >= 0.3 is 0 Å². The number of hydrogen-bond acceptors (Lipinski definition) is 6. The number of carbonyl (C=O) groups excluding carboxylic acids is 2. The van der Waals surface area contributed by atoms with E-state index in [2.05, 4.69) is 9.97 Å². The third kappa shape index (κ3) is 1.90. The number of amides is 2. The van der Waals surface area contributed by atoms with Gasteiger partial charge in [-0.1, -0.05) is 0 Å². The Hall–Kier alpha value is -2.96. The largest absolute Gasteiger partial charge is 0.493 e. The highest BCUT2D eigenvalue weighted by molar-refractivity contribution is 6.33. The van der Waals surface area contributed by atoms with Gasteiger partial charge in [0.1, 0.15) is 0 Å². The summed E-state index contributed by atoms with van der Waals surface area (Å²) in [5, 5.41) is 0. The van der Waals surface area contributed by atoms with Crippen LogP contribution in [-0.2, 0) is 0 Å². The van der Waals surface area contributed by atoms with Gasteiger partial charge in [-0.3, -0.25) is 9.59 Å². The Balaban J connectivity index is 2.07. The van der Waals surface area contributed by atoms with Gasteiger partial charge in [-0.25, -0.2) is 14.9 Å². The maximum atomic E-state index is 12.3. The normalized spacial score (nSPS) is 13.3. The van der Waals surface area contributed by atoms with Crippen molar-refractivity contribution in [2.24, 2.45) is 0 Å². The molecule has 0 atom stereocenters. The van der Waals surface area contributed by atoms with Crippen LogP contribution >= 0.6 is 0 Å². The van der Waals surface area contributed by atoms with E-state index in [1.807, 2.05) is 0 Å². The number of hydrogen-bond donors (Lipinski definition) is 0. The molecule has 0 spiro atoms. The molecule has 7 nitrogen and oxygen atoms in total. The Kier molecular flexibility index (Phi) is 3.02. The van der Waals surface area contributed by atoms with Crippen LogP contribution in [0.25, 0.3) is 0 Å². The predicted octanol–water partition coefficient (Wildman–Crippen LogP) is 1.29. The molecular weight excluding hydrogens is 274 g/mol. The summed E-state index contributed by atoms with van der Waals surface area (Å²) in [7, 11) is 2.99. The van der Waals surface area contributed by atoms with E-state index in [0.29, 0.717) is 17.2 Å². The van der Waals surface area contributed by atoms with Crippen molar-refractivity contribution in [3.8, 4) is 11.5 Å². The Bertz CT molecular complexity index is 710. The lowest BCUT2D eigenvalue weighted by Gasteiger charge is -2.15. The van der Waals surface area contributed by atoms with Crippen LogP contribution in [0.15, 0.2) is 30.6 Å². The molecule has 0 radical (unpaired) electrons. The zero-order valence-corrected chi connectivity index (χ0v) is 11.4. The van der Waals surface area contributed by atoms with Crippen LogP contribution in [-0.4, -0.2) is 36.0 Å². The third-order valence-electron chi connectivity index (χ3n) is 3.13. The second kappa shape index (κ2) is 4.86. The van der Waals surface area contributed by atoms with Crippen molar-refractivity contribution in [3.63, 3.8) is 0 Å². The molecule has 106 valence electrons. The van der Waals surface area contributed by atoms with Crippen molar-refractivity contribution in [1.29, 1.82) is 0 Å². The number of benzene rings is 1. The van der Waals surface area contributed by atoms with Crippen molar-refractivity contribution in [3.05, 3.63) is 42.0 Å². The lowest BCUT2D eigenvalue weighted by atomic mass is 10.2. The van der Waals surface area contributed by atoms with Crippen LogP contribution < -0.4 is 14.4 Å². The average Bonchev–Trinajstić information content (AvgIpc) is 2.78. The van der Waals surface area contributed by atoms with Crippen LogP contribution in [0.3, 0.4) is 0 Å². The molecule has 2 amide bonds. The molecule has 0 aliphatic carbocycles. The van der Waals surface area contributed by atoms with E-state index < -0.39 is 11.8 Å². The number of carbonyl (C=O) groups is 2. The van der Waals surface area contributed by atoms with Gasteiger partial charge in [-0.05, 0) is 12.1 Å². The number of imide groups is 1. The molecule has 2 aromatic rings. The number of fused-ring (bicyclic) bond motifs is 1. The van der Waals surface area contributed by atoms with E-state index in [-0.39, 0.29) is 11.4 Å². The van der Waals surface area contributed by atoms with E-state index in [1.165, 1.54) is 26.6 Å². The fourth-order valence-electron chi connectivity index (χ4n) is 2.15. The summed E-state index contributed by atoms with van der Waals surface area (Å²) >= 11 is 0. The first-order valence-electron chi connectivity index (χ1n) is 6.09. The maximum Gasteiger partial charge on any atom is 0.286 e. The highest BCUT2D eigenvalue weighted by atomic mass is 16.5. The van der Waals surface area contributed by atoms with Gasteiger partial charge in [0.15, 0.2) is 22.9 Å². The van der Waals surface area contributed by atoms with Gasteiger partial charge in [-0.15, -0.1) is 0 Å². The molecule has 1 aromatic heterocycles. The molecule has 1 aliphatic rings. The quantitative estimate of drug-likeness (QED) is 0.790. The number of aromatic nitrogens is 2. The summed E-state index contributed by atoms with van der Waals surface area (Å²) in [5.41, 5.74) is 0.483. The zero-order valence-electron chi connectivity index (χ0n) is 11.4. The minimum absolute atomic E-state index is 0.0530. The molecule has 0 fully saturated rings. The lowest BCUT2D eigenvalue weighted by molar-refractivity contribution is 0.0923. The predicted molar refractivity (Wildman–Crippen MR) is 72.7 cm³/mol. The molecule has 0 bridgehead atoms. The van der Waals surface area contributed by atoms with E-state index in [0.717, 1.165) is 4.90 Å². The summed E-state index contributed by atoms with van der Waals surface area (Å²) in [6, 6.07) is 4.78. The van der Waals surface area contributed by atoms with Gasteiger partial charge in [0.05, 0.1) is 19.9 Å². The summed E-state index contributed by atoms with van der Waals surface area (Å²) in [6.45, 7) is 0. The van der Waals surface area contributed by atoms with Gasteiger partial charge in [0.2, 0.25) is 0 Å². The monoisotopic (exact) mass is 285 g/mol. The first-order chi connectivity index (χ1) is 10.2. The summed E-state index contributed by atoms with van der Waals surface area (Å²) in [5.74, 6) is -0.0766. The first-order valence-corrected chi connectivity index (χ1v) is 6.09. The van der Waals surface area contributed by atoms with Crippen LogP contribution in [0.1, 0.15) is 21.0 Å². The molecule has 21 heavy (non-hydrogen) atoms. The van der Waals surface area contributed by atoms with Crippen molar-refractivity contribution in [2.75, 3.05) is 19.1 Å². The molecular formula is C14H11N3O4. The highest BCUT2D eigenvalue weighted by Gasteiger charge is 2.39. The lowest BCUT2D eigenvalue weighted by Crippen LogP contribution is -2.29. The number of methoxy groups -OCH3 is 2. The molecule has 0 N–H and O–H groups in total. The van der Waals surface area contributed by atoms with Crippen molar-refractivity contribution < 1.29 is 19.1 Å². The number of nitrogens with zero attached hydrogens (tertiary/aromatic N) is 3. The summed E-state index contributed by atoms with van der Waals surface area (Å²) in [6.07, 6.45) is 2.75. The number of rotatable bonds is 3. The maximum absolute atomic E-state index is 12.3. The number of ether oxygens (including phenoxy) is 2. The average molecular weight is 285 g/mol. The second-order valence-corrected chi connectivity index (χ2v) is 4.24. The van der Waals surface area contributed by atoms with E-state index >= 15 is 0 Å². The minimum atomic E-state index is -0.504. The Labute approximate surface area is 120 Å². The fraction of sp³-hybridized carbons (Fsp3) is 0.143. The Morgan fingerprint density at radius 2 is 1.48 bits per heavy atom.